The molecule has 0 radical (unpaired) electrons. The van der Waals surface area contributed by atoms with Gasteiger partial charge in [-0.2, -0.15) is 4.80 Å². The molecule has 1 atom stereocenters. The van der Waals surface area contributed by atoms with Crippen molar-refractivity contribution in [2.75, 3.05) is 0 Å². The van der Waals surface area contributed by atoms with Crippen molar-refractivity contribution in [2.45, 2.75) is 26.1 Å². The SMILES string of the molecule is Cc1oc2ncn(Cc3nnn(C[C@H](O)c4ccc(Cl)cc4)n3)c(=O)c2c1C(N)=O. The van der Waals surface area contributed by atoms with E-state index >= 15 is 0 Å². The summed E-state index contributed by atoms with van der Waals surface area (Å²) in [6.07, 6.45) is 0.402. The number of aliphatic hydroxyl groups excluding tert-OH is 1. The van der Waals surface area contributed by atoms with Crippen LogP contribution in [0.3, 0.4) is 0 Å². The number of hydrogen-bond donors (Lipinski definition) is 2. The molecule has 0 fully saturated rings. The number of halogens is 1. The minimum atomic E-state index is -0.864. The van der Waals surface area contributed by atoms with E-state index in [4.69, 9.17) is 21.8 Å². The number of nitrogens with zero attached hydrogens (tertiary/aromatic N) is 6. The van der Waals surface area contributed by atoms with Gasteiger partial charge in [-0.05, 0) is 29.8 Å². The summed E-state index contributed by atoms with van der Waals surface area (Å²) in [5, 5.41) is 22.9. The Kier molecular flexibility index (Phi) is 5.06. The number of furan rings is 1. The predicted octanol–water partition coefficient (Wildman–Crippen LogP) is 0.819. The van der Waals surface area contributed by atoms with E-state index in [-0.39, 0.29) is 41.3 Å². The van der Waals surface area contributed by atoms with Gasteiger partial charge >= 0.3 is 0 Å². The van der Waals surface area contributed by atoms with Crippen molar-refractivity contribution >= 4 is 28.6 Å². The van der Waals surface area contributed by atoms with E-state index in [0.29, 0.717) is 10.6 Å². The zero-order valence-corrected chi connectivity index (χ0v) is 16.4. The highest BCUT2D eigenvalue weighted by Crippen LogP contribution is 2.20. The lowest BCUT2D eigenvalue weighted by Gasteiger charge is -2.09. The highest BCUT2D eigenvalue weighted by Gasteiger charge is 2.21. The van der Waals surface area contributed by atoms with Gasteiger partial charge in [0.2, 0.25) is 5.71 Å². The van der Waals surface area contributed by atoms with Gasteiger partial charge in [-0.15, -0.1) is 10.2 Å². The quantitative estimate of drug-likeness (QED) is 0.456. The first-order valence-electron chi connectivity index (χ1n) is 8.82. The number of benzene rings is 1. The van der Waals surface area contributed by atoms with E-state index < -0.39 is 17.6 Å². The van der Waals surface area contributed by atoms with Crippen LogP contribution in [0.5, 0.6) is 0 Å². The summed E-state index contributed by atoms with van der Waals surface area (Å²) in [4.78, 5) is 29.8. The van der Waals surface area contributed by atoms with Gasteiger partial charge in [0, 0.05) is 5.02 Å². The van der Waals surface area contributed by atoms with Gasteiger partial charge in [-0.1, -0.05) is 23.7 Å². The number of rotatable bonds is 6. The van der Waals surface area contributed by atoms with Gasteiger partial charge in [0.1, 0.15) is 23.6 Å². The van der Waals surface area contributed by atoms with Gasteiger partial charge in [0.25, 0.3) is 11.5 Å². The number of nitrogens with two attached hydrogens (primary N) is 1. The maximum atomic E-state index is 12.8. The highest BCUT2D eigenvalue weighted by atomic mass is 35.5. The third-order valence-corrected chi connectivity index (χ3v) is 4.75. The Morgan fingerprint density at radius 3 is 2.77 bits per heavy atom. The number of fused-ring (bicyclic) bond motifs is 1. The lowest BCUT2D eigenvalue weighted by Crippen LogP contribution is -2.24. The number of amides is 1. The van der Waals surface area contributed by atoms with Gasteiger partial charge in [0.05, 0.1) is 18.7 Å². The minimum absolute atomic E-state index is 0.000416. The number of aryl methyl sites for hydroxylation is 1. The molecule has 3 heterocycles. The largest absolute Gasteiger partial charge is 0.442 e. The summed E-state index contributed by atoms with van der Waals surface area (Å²) in [6, 6.07) is 6.75. The molecule has 3 N–H and O–H groups in total. The fourth-order valence-corrected chi connectivity index (χ4v) is 3.19. The molecular formula is C18H16ClN7O4. The second kappa shape index (κ2) is 7.69. The number of aliphatic hydroxyl groups is 1. The second-order valence-corrected chi connectivity index (χ2v) is 7.02. The van der Waals surface area contributed by atoms with E-state index in [1.54, 1.807) is 24.3 Å². The van der Waals surface area contributed by atoms with Crippen LogP contribution in [0.4, 0.5) is 0 Å². The lowest BCUT2D eigenvalue weighted by atomic mass is 10.1. The van der Waals surface area contributed by atoms with E-state index in [1.807, 2.05) is 0 Å². The smallest absolute Gasteiger partial charge is 0.265 e. The second-order valence-electron chi connectivity index (χ2n) is 6.58. The fraction of sp³-hybridized carbons (Fsp3) is 0.222. The van der Waals surface area contributed by atoms with Crippen LogP contribution in [0.15, 0.2) is 39.8 Å². The van der Waals surface area contributed by atoms with Crippen molar-refractivity contribution in [2.24, 2.45) is 5.73 Å². The number of hydrogen-bond acceptors (Lipinski definition) is 8. The molecule has 154 valence electrons. The Morgan fingerprint density at radius 1 is 1.33 bits per heavy atom. The Hall–Kier alpha value is -3.57. The van der Waals surface area contributed by atoms with E-state index in [0.717, 1.165) is 0 Å². The standard InChI is InChI=1S/C18H16ClN7O4/c1-9-14(16(20)28)15-17(30-9)21-8-25(18(15)29)7-13-22-24-26(23-13)6-12(27)10-2-4-11(19)5-3-10/h2-5,8,12,27H,6-7H2,1H3,(H2,20,28)/t12-/m0/s1. The molecule has 0 aliphatic rings. The summed E-state index contributed by atoms with van der Waals surface area (Å²) in [6.45, 7) is 1.56. The summed E-state index contributed by atoms with van der Waals surface area (Å²) >= 11 is 5.85. The Morgan fingerprint density at radius 2 is 2.07 bits per heavy atom. The molecule has 0 spiro atoms. The molecule has 0 unspecified atom stereocenters. The van der Waals surface area contributed by atoms with Crippen molar-refractivity contribution < 1.29 is 14.3 Å². The van der Waals surface area contributed by atoms with Crippen LogP contribution in [0.1, 0.15) is 33.6 Å². The predicted molar refractivity (Wildman–Crippen MR) is 105 cm³/mol. The summed E-state index contributed by atoms with van der Waals surface area (Å²) in [5.74, 6) is -0.328. The van der Waals surface area contributed by atoms with Crippen molar-refractivity contribution in [1.29, 1.82) is 0 Å². The first-order valence-corrected chi connectivity index (χ1v) is 9.20. The molecule has 11 nitrogen and oxygen atoms in total. The normalized spacial score (nSPS) is 12.4. The van der Waals surface area contributed by atoms with Crippen LogP contribution in [-0.2, 0) is 13.1 Å². The zero-order chi connectivity index (χ0) is 21.4. The average Bonchev–Trinajstić information content (AvgIpc) is 3.28. The monoisotopic (exact) mass is 429 g/mol. The van der Waals surface area contributed by atoms with Gasteiger partial charge < -0.3 is 15.3 Å². The molecule has 0 saturated heterocycles. The number of carbonyl (C=O) groups is 1. The number of aromatic nitrogens is 6. The molecular weight excluding hydrogens is 414 g/mol. The van der Waals surface area contributed by atoms with Crippen molar-refractivity contribution in [3.05, 3.63) is 68.7 Å². The average molecular weight is 430 g/mol. The number of tetrazole rings is 1. The van der Waals surface area contributed by atoms with Gasteiger partial charge in [-0.25, -0.2) is 4.98 Å². The van der Waals surface area contributed by atoms with Crippen LogP contribution >= 0.6 is 11.6 Å². The van der Waals surface area contributed by atoms with Crippen LogP contribution in [0.25, 0.3) is 11.1 Å². The maximum Gasteiger partial charge on any atom is 0.265 e. The number of primary amides is 1. The Balaban J connectivity index is 1.56. The van der Waals surface area contributed by atoms with Crippen LogP contribution in [0, 0.1) is 6.92 Å². The first kappa shape index (κ1) is 19.7. The molecule has 30 heavy (non-hydrogen) atoms. The molecule has 1 amide bonds. The highest BCUT2D eigenvalue weighted by molar-refractivity contribution is 6.30. The van der Waals surface area contributed by atoms with Crippen molar-refractivity contribution in [3.8, 4) is 0 Å². The van der Waals surface area contributed by atoms with Crippen LogP contribution < -0.4 is 11.3 Å². The summed E-state index contributed by atoms with van der Waals surface area (Å²) in [5.41, 5.74) is 5.53. The Bertz CT molecular complexity index is 1290. The topological polar surface area (TPSA) is 155 Å². The minimum Gasteiger partial charge on any atom is -0.442 e. The summed E-state index contributed by atoms with van der Waals surface area (Å²) in [7, 11) is 0. The van der Waals surface area contributed by atoms with Crippen molar-refractivity contribution in [1.82, 2.24) is 29.8 Å². The molecule has 0 bridgehead atoms. The van der Waals surface area contributed by atoms with E-state index in [9.17, 15) is 14.7 Å². The van der Waals surface area contributed by atoms with Gasteiger partial charge in [-0.3, -0.25) is 14.2 Å². The van der Waals surface area contributed by atoms with E-state index in [1.165, 1.54) is 22.6 Å². The first-order chi connectivity index (χ1) is 14.3. The molecule has 12 heteroatoms. The lowest BCUT2D eigenvalue weighted by molar-refractivity contribution is 0.1000. The number of carbonyl (C=O) groups excluding carboxylic acids is 1. The fourth-order valence-electron chi connectivity index (χ4n) is 3.06. The third kappa shape index (κ3) is 3.67. The van der Waals surface area contributed by atoms with Crippen molar-refractivity contribution in [3.63, 3.8) is 0 Å². The molecule has 4 rings (SSSR count). The van der Waals surface area contributed by atoms with Crippen LogP contribution in [0.2, 0.25) is 5.02 Å². The molecule has 0 aliphatic heterocycles. The molecule has 0 saturated carbocycles. The molecule has 1 aromatic carbocycles. The zero-order valence-electron chi connectivity index (χ0n) is 15.7. The van der Waals surface area contributed by atoms with Gasteiger partial charge in [0.15, 0.2) is 5.82 Å². The molecule has 4 aromatic rings. The van der Waals surface area contributed by atoms with E-state index in [2.05, 4.69) is 20.4 Å². The Labute approximate surface area is 173 Å². The summed E-state index contributed by atoms with van der Waals surface area (Å²) < 4.78 is 6.56. The molecule has 0 aliphatic carbocycles. The van der Waals surface area contributed by atoms with Crippen LogP contribution in [-0.4, -0.2) is 40.8 Å². The third-order valence-electron chi connectivity index (χ3n) is 4.50. The molecule has 3 aromatic heterocycles. The maximum absolute atomic E-state index is 12.8.